The normalized spacial score (nSPS) is 15.0. The van der Waals surface area contributed by atoms with Crippen molar-refractivity contribution in [2.75, 3.05) is 0 Å². The lowest BCUT2D eigenvalue weighted by molar-refractivity contribution is 0.0505. The van der Waals surface area contributed by atoms with Crippen molar-refractivity contribution < 1.29 is 9.53 Å². The second-order valence-corrected chi connectivity index (χ2v) is 6.58. The van der Waals surface area contributed by atoms with Gasteiger partial charge in [-0.25, -0.2) is 9.78 Å². The highest BCUT2D eigenvalue weighted by Crippen LogP contribution is 2.22. The maximum absolute atomic E-state index is 11.8. The Bertz CT molecular complexity index is 446. The molecule has 1 aromatic heterocycles. The third kappa shape index (κ3) is 4.54. The van der Waals surface area contributed by atoms with Gasteiger partial charge in [-0.1, -0.05) is 13.8 Å². The van der Waals surface area contributed by atoms with E-state index in [0.717, 1.165) is 5.69 Å². The average molecular weight is 281 g/mol. The van der Waals surface area contributed by atoms with Gasteiger partial charge in [-0.05, 0) is 40.5 Å². The summed E-state index contributed by atoms with van der Waals surface area (Å²) in [7, 11) is 0. The summed E-state index contributed by atoms with van der Waals surface area (Å²) < 4.78 is 7.38. The summed E-state index contributed by atoms with van der Waals surface area (Å²) in [6.45, 7) is 14.0. The predicted octanol–water partition coefficient (Wildman–Crippen LogP) is 3.69. The van der Waals surface area contributed by atoms with E-state index in [2.05, 4.69) is 35.6 Å². The van der Waals surface area contributed by atoms with Crippen molar-refractivity contribution in [2.24, 2.45) is 5.92 Å². The van der Waals surface area contributed by atoms with Crippen LogP contribution in [-0.4, -0.2) is 21.2 Å². The quantitative estimate of drug-likeness (QED) is 0.915. The lowest BCUT2D eigenvalue weighted by atomic mass is 10.1. The fourth-order valence-electron chi connectivity index (χ4n) is 1.87. The topological polar surface area (TPSA) is 56.2 Å². The van der Waals surface area contributed by atoms with Crippen LogP contribution < -0.4 is 5.32 Å². The zero-order valence-corrected chi connectivity index (χ0v) is 13.6. The molecule has 1 heterocycles. The molecule has 0 fully saturated rings. The number of alkyl carbamates (subject to hydrolysis) is 1. The number of nitrogens with zero attached hydrogens (tertiary/aromatic N) is 2. The number of hydrogen-bond donors (Lipinski definition) is 1. The molecular formula is C15H27N3O2. The molecule has 0 saturated heterocycles. The summed E-state index contributed by atoms with van der Waals surface area (Å²) >= 11 is 0. The molecule has 114 valence electrons. The van der Waals surface area contributed by atoms with Crippen LogP contribution in [0.15, 0.2) is 12.5 Å². The van der Waals surface area contributed by atoms with E-state index < -0.39 is 11.7 Å². The van der Waals surface area contributed by atoms with Crippen molar-refractivity contribution in [3.8, 4) is 0 Å². The van der Waals surface area contributed by atoms with Gasteiger partial charge in [0.2, 0.25) is 0 Å². The Hall–Kier alpha value is -1.52. The summed E-state index contributed by atoms with van der Waals surface area (Å²) in [4.78, 5) is 16.0. The molecule has 5 heteroatoms. The van der Waals surface area contributed by atoms with E-state index in [-0.39, 0.29) is 6.04 Å². The van der Waals surface area contributed by atoms with Crippen molar-refractivity contribution >= 4 is 6.09 Å². The van der Waals surface area contributed by atoms with Gasteiger partial charge in [0.05, 0.1) is 24.3 Å². The van der Waals surface area contributed by atoms with E-state index in [1.165, 1.54) is 0 Å². The number of carbonyl (C=O) groups is 1. The van der Waals surface area contributed by atoms with Crippen molar-refractivity contribution in [3.63, 3.8) is 0 Å². The van der Waals surface area contributed by atoms with E-state index in [4.69, 9.17) is 4.74 Å². The molecule has 1 aromatic rings. The number of hydrogen-bond acceptors (Lipinski definition) is 3. The van der Waals surface area contributed by atoms with Crippen LogP contribution in [-0.2, 0) is 4.74 Å². The SMILES string of the molecule is CC(C)C(C)n1cncc1[C@H](C)NC(=O)OC(C)(C)C. The molecular weight excluding hydrogens is 254 g/mol. The first-order valence-electron chi connectivity index (χ1n) is 7.13. The van der Waals surface area contributed by atoms with Crippen LogP contribution in [0.25, 0.3) is 0 Å². The molecule has 0 spiro atoms. The number of rotatable bonds is 4. The summed E-state index contributed by atoms with van der Waals surface area (Å²) in [5.74, 6) is 0.497. The molecule has 0 aliphatic heterocycles. The van der Waals surface area contributed by atoms with Gasteiger partial charge in [0, 0.05) is 6.04 Å². The van der Waals surface area contributed by atoms with E-state index in [9.17, 15) is 4.79 Å². The maximum Gasteiger partial charge on any atom is 0.408 e. The number of aromatic nitrogens is 2. The molecule has 0 aromatic carbocycles. The Kier molecular flexibility index (Phi) is 5.20. The Morgan fingerprint density at radius 3 is 2.40 bits per heavy atom. The fourth-order valence-corrected chi connectivity index (χ4v) is 1.87. The minimum atomic E-state index is -0.491. The summed E-state index contributed by atoms with van der Waals surface area (Å²) in [6, 6.07) is 0.184. The molecule has 1 N–H and O–H groups in total. The van der Waals surface area contributed by atoms with Gasteiger partial charge >= 0.3 is 6.09 Å². The number of nitrogens with one attached hydrogen (secondary N) is 1. The molecule has 0 radical (unpaired) electrons. The standard InChI is InChI=1S/C15H27N3O2/c1-10(2)12(4)18-9-16-8-13(18)11(3)17-14(19)20-15(5,6)7/h8-12H,1-7H3,(H,17,19)/t11-,12?/m0/s1. The minimum absolute atomic E-state index is 0.145. The number of imidazole rings is 1. The highest BCUT2D eigenvalue weighted by atomic mass is 16.6. The molecule has 0 bridgehead atoms. The smallest absolute Gasteiger partial charge is 0.408 e. The highest BCUT2D eigenvalue weighted by Gasteiger charge is 2.21. The second-order valence-electron chi connectivity index (χ2n) is 6.58. The van der Waals surface area contributed by atoms with Crippen LogP contribution in [0.1, 0.15) is 66.2 Å². The van der Waals surface area contributed by atoms with Crippen molar-refractivity contribution in [1.29, 1.82) is 0 Å². The maximum atomic E-state index is 11.8. The predicted molar refractivity (Wildman–Crippen MR) is 79.6 cm³/mol. The second kappa shape index (κ2) is 6.29. The van der Waals surface area contributed by atoms with E-state index in [1.807, 2.05) is 34.0 Å². The Morgan fingerprint density at radius 2 is 1.90 bits per heavy atom. The zero-order valence-electron chi connectivity index (χ0n) is 13.6. The van der Waals surface area contributed by atoms with E-state index in [0.29, 0.717) is 12.0 Å². The van der Waals surface area contributed by atoms with Crippen molar-refractivity contribution in [3.05, 3.63) is 18.2 Å². The zero-order chi connectivity index (χ0) is 15.5. The Morgan fingerprint density at radius 1 is 1.30 bits per heavy atom. The Balaban J connectivity index is 2.76. The molecule has 0 aliphatic carbocycles. The Labute approximate surface area is 121 Å². The first kappa shape index (κ1) is 16.5. The third-order valence-corrected chi connectivity index (χ3v) is 3.28. The largest absolute Gasteiger partial charge is 0.444 e. The van der Waals surface area contributed by atoms with Crippen LogP contribution >= 0.6 is 0 Å². The van der Waals surface area contributed by atoms with Crippen LogP contribution in [0.5, 0.6) is 0 Å². The monoisotopic (exact) mass is 281 g/mol. The van der Waals surface area contributed by atoms with Crippen LogP contribution in [0.3, 0.4) is 0 Å². The first-order chi connectivity index (χ1) is 9.11. The van der Waals surface area contributed by atoms with Gasteiger partial charge < -0.3 is 14.6 Å². The summed E-state index contributed by atoms with van der Waals surface area (Å²) in [5.41, 5.74) is 0.493. The molecule has 1 amide bonds. The highest BCUT2D eigenvalue weighted by molar-refractivity contribution is 5.68. The molecule has 5 nitrogen and oxygen atoms in total. The first-order valence-corrected chi connectivity index (χ1v) is 7.13. The van der Waals surface area contributed by atoms with E-state index in [1.54, 1.807) is 6.20 Å². The fraction of sp³-hybridized carbons (Fsp3) is 0.733. The molecule has 20 heavy (non-hydrogen) atoms. The van der Waals surface area contributed by atoms with Crippen molar-refractivity contribution in [2.45, 2.75) is 66.2 Å². The van der Waals surface area contributed by atoms with Gasteiger partial charge in [0.25, 0.3) is 0 Å². The number of amides is 1. The summed E-state index contributed by atoms with van der Waals surface area (Å²) in [5, 5.41) is 2.85. The third-order valence-electron chi connectivity index (χ3n) is 3.28. The number of ether oxygens (including phenoxy) is 1. The minimum Gasteiger partial charge on any atom is -0.444 e. The van der Waals surface area contributed by atoms with Crippen LogP contribution in [0.4, 0.5) is 4.79 Å². The van der Waals surface area contributed by atoms with E-state index >= 15 is 0 Å². The number of carbonyl (C=O) groups excluding carboxylic acids is 1. The van der Waals surface area contributed by atoms with Crippen LogP contribution in [0, 0.1) is 5.92 Å². The van der Waals surface area contributed by atoms with Crippen molar-refractivity contribution in [1.82, 2.24) is 14.9 Å². The lowest BCUT2D eigenvalue weighted by Crippen LogP contribution is -2.35. The van der Waals surface area contributed by atoms with Gasteiger partial charge in [-0.2, -0.15) is 0 Å². The van der Waals surface area contributed by atoms with Gasteiger partial charge in [-0.15, -0.1) is 0 Å². The molecule has 0 aliphatic rings. The molecule has 0 saturated carbocycles. The summed E-state index contributed by atoms with van der Waals surface area (Å²) in [6.07, 6.45) is 3.20. The molecule has 2 atom stereocenters. The lowest BCUT2D eigenvalue weighted by Gasteiger charge is -2.25. The van der Waals surface area contributed by atoms with Crippen LogP contribution in [0.2, 0.25) is 0 Å². The van der Waals surface area contributed by atoms with Gasteiger partial charge in [-0.3, -0.25) is 0 Å². The molecule has 1 rings (SSSR count). The average Bonchev–Trinajstić information content (AvgIpc) is 2.73. The van der Waals surface area contributed by atoms with Gasteiger partial charge in [0.1, 0.15) is 5.60 Å². The molecule has 1 unspecified atom stereocenters. The van der Waals surface area contributed by atoms with Gasteiger partial charge in [0.15, 0.2) is 0 Å².